The molecule has 0 bridgehead atoms. The third-order valence-corrected chi connectivity index (χ3v) is 2.67. The summed E-state index contributed by atoms with van der Waals surface area (Å²) in [6.07, 6.45) is 1.75. The summed E-state index contributed by atoms with van der Waals surface area (Å²) in [4.78, 5) is 11.8. The zero-order valence-corrected chi connectivity index (χ0v) is 9.95. The number of hydrogen-bond acceptors (Lipinski definition) is 3. The zero-order chi connectivity index (χ0) is 12.3. The molecule has 3 N–H and O–H groups in total. The molecule has 2 rings (SSSR count). The first kappa shape index (κ1) is 11.6. The fourth-order valence-electron chi connectivity index (χ4n) is 1.68. The number of benzene rings is 1. The van der Waals surface area contributed by atoms with E-state index in [-0.39, 0.29) is 11.8 Å². The van der Waals surface area contributed by atoms with Crippen LogP contribution in [0, 0.1) is 5.92 Å². The van der Waals surface area contributed by atoms with Crippen molar-refractivity contribution < 1.29 is 4.79 Å². The molecule has 1 unspecified atom stereocenters. The molecule has 0 aliphatic carbocycles. The maximum atomic E-state index is 11.8. The molecule has 0 saturated carbocycles. The number of nitrogens with one attached hydrogen (secondary N) is 3. The number of carbonyl (C=O) groups is 1. The van der Waals surface area contributed by atoms with Gasteiger partial charge in [0.05, 0.1) is 11.7 Å². The Kier molecular flexibility index (Phi) is 3.39. The lowest BCUT2D eigenvalue weighted by Gasteiger charge is -2.11. The first-order chi connectivity index (χ1) is 8.20. The topological polar surface area (TPSA) is 69.8 Å². The van der Waals surface area contributed by atoms with Gasteiger partial charge in [-0.25, -0.2) is 0 Å². The van der Waals surface area contributed by atoms with Gasteiger partial charge in [0.1, 0.15) is 0 Å². The molecule has 2 aromatic rings. The van der Waals surface area contributed by atoms with E-state index in [1.807, 2.05) is 32.2 Å². The van der Waals surface area contributed by atoms with Gasteiger partial charge in [-0.15, -0.1) is 0 Å². The summed E-state index contributed by atoms with van der Waals surface area (Å²) in [5.41, 5.74) is 1.71. The Morgan fingerprint density at radius 1 is 1.53 bits per heavy atom. The van der Waals surface area contributed by atoms with Crippen molar-refractivity contribution in [2.75, 3.05) is 18.9 Å². The van der Waals surface area contributed by atoms with Gasteiger partial charge in [0.2, 0.25) is 5.91 Å². The number of hydrogen-bond donors (Lipinski definition) is 3. The average Bonchev–Trinajstić information content (AvgIpc) is 2.76. The van der Waals surface area contributed by atoms with E-state index in [9.17, 15) is 4.79 Å². The van der Waals surface area contributed by atoms with Crippen molar-refractivity contribution in [2.24, 2.45) is 5.92 Å². The van der Waals surface area contributed by atoms with Crippen LogP contribution in [0.25, 0.3) is 10.9 Å². The lowest BCUT2D eigenvalue weighted by molar-refractivity contribution is -0.119. The average molecular weight is 232 g/mol. The molecule has 1 amide bonds. The smallest absolute Gasteiger partial charge is 0.228 e. The Bertz CT molecular complexity index is 520. The van der Waals surface area contributed by atoms with Crippen molar-refractivity contribution in [2.45, 2.75) is 6.92 Å². The van der Waals surface area contributed by atoms with Crippen LogP contribution >= 0.6 is 0 Å². The Morgan fingerprint density at radius 3 is 3.12 bits per heavy atom. The Labute approximate surface area is 99.6 Å². The molecule has 1 aromatic carbocycles. The van der Waals surface area contributed by atoms with E-state index in [0.717, 1.165) is 16.6 Å². The summed E-state index contributed by atoms with van der Waals surface area (Å²) < 4.78 is 0. The van der Waals surface area contributed by atoms with Crippen molar-refractivity contribution in [3.05, 3.63) is 24.4 Å². The van der Waals surface area contributed by atoms with Crippen LogP contribution in [0.2, 0.25) is 0 Å². The highest BCUT2D eigenvalue weighted by molar-refractivity contribution is 5.94. The number of nitrogens with zero attached hydrogens (tertiary/aromatic N) is 1. The van der Waals surface area contributed by atoms with Gasteiger partial charge in [-0.05, 0) is 25.2 Å². The van der Waals surface area contributed by atoms with E-state index in [0.29, 0.717) is 6.54 Å². The largest absolute Gasteiger partial charge is 0.326 e. The van der Waals surface area contributed by atoms with Gasteiger partial charge in [-0.3, -0.25) is 9.89 Å². The summed E-state index contributed by atoms with van der Waals surface area (Å²) in [6, 6.07) is 5.69. The first-order valence-corrected chi connectivity index (χ1v) is 5.59. The maximum Gasteiger partial charge on any atom is 0.228 e. The molecule has 5 heteroatoms. The minimum atomic E-state index is -0.0579. The Balaban J connectivity index is 2.09. The predicted molar refractivity (Wildman–Crippen MR) is 67.8 cm³/mol. The number of anilines is 1. The van der Waals surface area contributed by atoms with Gasteiger partial charge < -0.3 is 10.6 Å². The molecule has 0 spiro atoms. The molecule has 0 fully saturated rings. The fraction of sp³-hybridized carbons (Fsp3) is 0.333. The molecule has 1 aromatic heterocycles. The SMILES string of the molecule is CNCC(C)C(=O)Nc1ccc2cn[nH]c2c1. The summed E-state index contributed by atoms with van der Waals surface area (Å²) >= 11 is 0. The highest BCUT2D eigenvalue weighted by Crippen LogP contribution is 2.17. The van der Waals surface area contributed by atoms with Gasteiger partial charge in [-0.1, -0.05) is 6.92 Å². The number of rotatable bonds is 4. The van der Waals surface area contributed by atoms with Crippen molar-refractivity contribution in [1.29, 1.82) is 0 Å². The minimum Gasteiger partial charge on any atom is -0.326 e. The second-order valence-electron chi connectivity index (χ2n) is 4.12. The fourth-order valence-corrected chi connectivity index (χ4v) is 1.68. The van der Waals surface area contributed by atoms with E-state index in [4.69, 9.17) is 0 Å². The van der Waals surface area contributed by atoms with E-state index in [1.54, 1.807) is 6.20 Å². The van der Waals surface area contributed by atoms with E-state index < -0.39 is 0 Å². The van der Waals surface area contributed by atoms with Crippen LogP contribution in [-0.2, 0) is 4.79 Å². The van der Waals surface area contributed by atoms with Crippen molar-refractivity contribution in [1.82, 2.24) is 15.5 Å². The van der Waals surface area contributed by atoms with Crippen LogP contribution in [0.15, 0.2) is 24.4 Å². The number of aromatic nitrogens is 2. The van der Waals surface area contributed by atoms with Crippen LogP contribution < -0.4 is 10.6 Å². The zero-order valence-electron chi connectivity index (χ0n) is 9.95. The Hall–Kier alpha value is -1.88. The first-order valence-electron chi connectivity index (χ1n) is 5.59. The quantitative estimate of drug-likeness (QED) is 0.745. The second-order valence-corrected chi connectivity index (χ2v) is 4.12. The van der Waals surface area contributed by atoms with Gasteiger partial charge in [0.25, 0.3) is 0 Å². The molecule has 0 aliphatic heterocycles. The van der Waals surface area contributed by atoms with Gasteiger partial charge in [-0.2, -0.15) is 5.10 Å². The molecular formula is C12H16N4O. The summed E-state index contributed by atoms with van der Waals surface area (Å²) in [6.45, 7) is 2.55. The highest BCUT2D eigenvalue weighted by Gasteiger charge is 2.11. The van der Waals surface area contributed by atoms with Crippen molar-refractivity contribution >= 4 is 22.5 Å². The number of fused-ring (bicyclic) bond motifs is 1. The predicted octanol–water partition coefficient (Wildman–Crippen LogP) is 1.36. The van der Waals surface area contributed by atoms with Gasteiger partial charge in [0.15, 0.2) is 0 Å². The van der Waals surface area contributed by atoms with E-state index >= 15 is 0 Å². The second kappa shape index (κ2) is 4.97. The number of H-pyrrole nitrogens is 1. The number of aromatic amines is 1. The molecule has 5 nitrogen and oxygen atoms in total. The molecule has 0 radical (unpaired) electrons. The number of amides is 1. The Morgan fingerprint density at radius 2 is 2.35 bits per heavy atom. The monoisotopic (exact) mass is 232 g/mol. The van der Waals surface area contributed by atoms with E-state index in [2.05, 4.69) is 20.8 Å². The summed E-state index contributed by atoms with van der Waals surface area (Å²) in [7, 11) is 1.83. The molecule has 90 valence electrons. The molecular weight excluding hydrogens is 216 g/mol. The molecule has 1 atom stereocenters. The lowest BCUT2D eigenvalue weighted by Crippen LogP contribution is -2.28. The number of carbonyl (C=O) groups excluding carboxylic acids is 1. The highest BCUT2D eigenvalue weighted by atomic mass is 16.1. The van der Waals surface area contributed by atoms with Crippen LogP contribution in [-0.4, -0.2) is 29.7 Å². The molecule has 1 heterocycles. The van der Waals surface area contributed by atoms with E-state index in [1.165, 1.54) is 0 Å². The third kappa shape index (κ3) is 2.62. The maximum absolute atomic E-state index is 11.8. The van der Waals surface area contributed by atoms with Crippen LogP contribution in [0.1, 0.15) is 6.92 Å². The van der Waals surface area contributed by atoms with Crippen LogP contribution in [0.5, 0.6) is 0 Å². The molecule has 0 saturated heterocycles. The molecule has 17 heavy (non-hydrogen) atoms. The standard InChI is InChI=1S/C12H16N4O/c1-8(6-13-2)12(17)15-10-4-3-9-7-14-16-11(9)5-10/h3-5,7-8,13H,6H2,1-2H3,(H,14,16)(H,15,17). The van der Waals surface area contributed by atoms with Crippen LogP contribution in [0.3, 0.4) is 0 Å². The van der Waals surface area contributed by atoms with Crippen molar-refractivity contribution in [3.63, 3.8) is 0 Å². The third-order valence-electron chi connectivity index (χ3n) is 2.67. The molecule has 0 aliphatic rings. The lowest BCUT2D eigenvalue weighted by atomic mass is 10.1. The minimum absolute atomic E-state index is 0.0122. The van der Waals surface area contributed by atoms with Gasteiger partial charge in [0, 0.05) is 23.5 Å². The van der Waals surface area contributed by atoms with Crippen LogP contribution in [0.4, 0.5) is 5.69 Å². The van der Waals surface area contributed by atoms with Crippen molar-refractivity contribution in [3.8, 4) is 0 Å². The normalized spacial score (nSPS) is 12.6. The summed E-state index contributed by atoms with van der Waals surface area (Å²) in [5.74, 6) is -0.0457. The van der Waals surface area contributed by atoms with Gasteiger partial charge >= 0.3 is 0 Å². The summed E-state index contributed by atoms with van der Waals surface area (Å²) in [5, 5.41) is 13.7.